The van der Waals surface area contributed by atoms with Crippen LogP contribution >= 0.6 is 0 Å². The van der Waals surface area contributed by atoms with Gasteiger partial charge in [-0.25, -0.2) is 0 Å². The molecule has 1 aromatic rings. The molecule has 2 heteroatoms. The summed E-state index contributed by atoms with van der Waals surface area (Å²) < 4.78 is 0. The molecule has 0 aliphatic rings. The Hall–Kier alpha value is -0.860. The average molecular weight is 220 g/mol. The summed E-state index contributed by atoms with van der Waals surface area (Å²) in [5, 5.41) is 3.48. The van der Waals surface area contributed by atoms with E-state index in [4.69, 9.17) is 5.73 Å². The molecule has 2 nitrogen and oxygen atoms in total. The third kappa shape index (κ3) is 3.95. The maximum Gasteiger partial charge on any atom is 0.0210 e. The van der Waals surface area contributed by atoms with Gasteiger partial charge in [-0.3, -0.25) is 0 Å². The van der Waals surface area contributed by atoms with E-state index in [1.165, 1.54) is 28.7 Å². The van der Waals surface area contributed by atoms with Gasteiger partial charge in [0, 0.05) is 6.54 Å². The lowest BCUT2D eigenvalue weighted by atomic mass is 10.00. The predicted octanol–water partition coefficient (Wildman–Crippen LogP) is 2.44. The normalized spacial score (nSPS) is 10.8. The summed E-state index contributed by atoms with van der Waals surface area (Å²) in [7, 11) is 0. The van der Waals surface area contributed by atoms with Crippen molar-refractivity contribution in [3.63, 3.8) is 0 Å². The van der Waals surface area contributed by atoms with Crippen LogP contribution in [0, 0.1) is 20.8 Å². The summed E-state index contributed by atoms with van der Waals surface area (Å²) in [6, 6.07) is 4.51. The topological polar surface area (TPSA) is 38.0 Å². The highest BCUT2D eigenvalue weighted by atomic mass is 14.8. The van der Waals surface area contributed by atoms with Crippen molar-refractivity contribution in [1.29, 1.82) is 0 Å². The maximum atomic E-state index is 5.46. The fraction of sp³-hybridized carbons (Fsp3) is 0.571. The molecular formula is C14H24N2. The molecule has 0 unspecified atom stereocenters. The molecule has 0 heterocycles. The lowest BCUT2D eigenvalue weighted by Crippen LogP contribution is -2.17. The number of hydrogen-bond donors (Lipinski definition) is 2. The number of nitrogens with two attached hydrogens (primary N) is 1. The average Bonchev–Trinajstić information content (AvgIpc) is 2.20. The lowest BCUT2D eigenvalue weighted by molar-refractivity contribution is 0.625. The zero-order chi connectivity index (χ0) is 12.0. The van der Waals surface area contributed by atoms with Crippen molar-refractivity contribution in [1.82, 2.24) is 5.32 Å². The first-order valence-corrected chi connectivity index (χ1v) is 6.12. The molecule has 0 aromatic heterocycles. The van der Waals surface area contributed by atoms with E-state index in [1.807, 2.05) is 0 Å². The van der Waals surface area contributed by atoms with Crippen molar-refractivity contribution in [2.45, 2.75) is 40.2 Å². The number of hydrogen-bond acceptors (Lipinski definition) is 2. The summed E-state index contributed by atoms with van der Waals surface area (Å²) in [4.78, 5) is 0. The van der Waals surface area contributed by atoms with Crippen LogP contribution in [0.2, 0.25) is 0 Å². The highest BCUT2D eigenvalue weighted by Crippen LogP contribution is 2.15. The van der Waals surface area contributed by atoms with Gasteiger partial charge in [0.15, 0.2) is 0 Å². The minimum atomic E-state index is 0.796. The van der Waals surface area contributed by atoms with Crippen LogP contribution in [0.3, 0.4) is 0 Å². The molecular weight excluding hydrogens is 196 g/mol. The largest absolute Gasteiger partial charge is 0.330 e. The molecule has 16 heavy (non-hydrogen) atoms. The molecule has 0 radical (unpaired) electrons. The van der Waals surface area contributed by atoms with Crippen molar-refractivity contribution in [2.24, 2.45) is 5.73 Å². The Morgan fingerprint density at radius 2 is 1.69 bits per heavy atom. The second-order valence-electron chi connectivity index (χ2n) is 4.55. The van der Waals surface area contributed by atoms with E-state index in [-0.39, 0.29) is 0 Å². The Morgan fingerprint density at radius 1 is 1.06 bits per heavy atom. The van der Waals surface area contributed by atoms with Crippen LogP contribution in [-0.2, 0) is 6.54 Å². The molecule has 1 aromatic carbocycles. The third-order valence-corrected chi connectivity index (χ3v) is 2.95. The predicted molar refractivity (Wildman–Crippen MR) is 70.6 cm³/mol. The summed E-state index contributed by atoms with van der Waals surface area (Å²) in [5.74, 6) is 0. The molecule has 0 aliphatic heterocycles. The van der Waals surface area contributed by atoms with Gasteiger partial charge in [0.05, 0.1) is 0 Å². The van der Waals surface area contributed by atoms with Gasteiger partial charge in [0.25, 0.3) is 0 Å². The van der Waals surface area contributed by atoms with Crippen molar-refractivity contribution >= 4 is 0 Å². The molecule has 3 N–H and O–H groups in total. The monoisotopic (exact) mass is 220 g/mol. The van der Waals surface area contributed by atoms with Crippen LogP contribution in [0.1, 0.15) is 35.1 Å². The summed E-state index contributed by atoms with van der Waals surface area (Å²) in [6.45, 7) is 9.36. The summed E-state index contributed by atoms with van der Waals surface area (Å²) in [5.41, 5.74) is 11.0. The van der Waals surface area contributed by atoms with Crippen LogP contribution in [0.4, 0.5) is 0 Å². The Balaban J connectivity index is 2.47. The molecule has 1 rings (SSSR count). The standard InChI is InChI=1S/C14H24N2/c1-11-8-12(2)14(13(3)9-11)10-16-7-5-4-6-15/h8-9,16H,4-7,10,15H2,1-3H3. The van der Waals surface area contributed by atoms with Crippen molar-refractivity contribution in [3.8, 4) is 0 Å². The molecule has 0 amide bonds. The van der Waals surface area contributed by atoms with Gasteiger partial charge in [-0.05, 0) is 63.4 Å². The Bertz CT molecular complexity index is 309. The summed E-state index contributed by atoms with van der Waals surface area (Å²) >= 11 is 0. The van der Waals surface area contributed by atoms with Gasteiger partial charge in [-0.2, -0.15) is 0 Å². The van der Waals surface area contributed by atoms with E-state index < -0.39 is 0 Å². The number of rotatable bonds is 6. The molecule has 0 spiro atoms. The molecule has 0 saturated heterocycles. The zero-order valence-corrected chi connectivity index (χ0v) is 10.8. The molecule has 0 fully saturated rings. The zero-order valence-electron chi connectivity index (χ0n) is 10.8. The molecule has 0 aliphatic carbocycles. The minimum absolute atomic E-state index is 0.796. The minimum Gasteiger partial charge on any atom is -0.330 e. The Morgan fingerprint density at radius 3 is 2.25 bits per heavy atom. The van der Waals surface area contributed by atoms with Crippen molar-refractivity contribution in [2.75, 3.05) is 13.1 Å². The van der Waals surface area contributed by atoms with Crippen molar-refractivity contribution in [3.05, 3.63) is 34.4 Å². The second-order valence-corrected chi connectivity index (χ2v) is 4.55. The van der Waals surface area contributed by atoms with Crippen LogP contribution in [-0.4, -0.2) is 13.1 Å². The first-order valence-electron chi connectivity index (χ1n) is 6.12. The fourth-order valence-corrected chi connectivity index (χ4v) is 2.10. The maximum absolute atomic E-state index is 5.46. The third-order valence-electron chi connectivity index (χ3n) is 2.95. The van der Waals surface area contributed by atoms with Crippen LogP contribution in [0.25, 0.3) is 0 Å². The van der Waals surface area contributed by atoms with Crippen molar-refractivity contribution < 1.29 is 0 Å². The smallest absolute Gasteiger partial charge is 0.0210 e. The second kappa shape index (κ2) is 6.66. The van der Waals surface area contributed by atoms with E-state index in [1.54, 1.807) is 0 Å². The van der Waals surface area contributed by atoms with E-state index in [9.17, 15) is 0 Å². The van der Waals surface area contributed by atoms with Gasteiger partial charge in [-0.15, -0.1) is 0 Å². The Labute approximate surface area is 99.2 Å². The number of unbranched alkanes of at least 4 members (excludes halogenated alkanes) is 1. The van der Waals surface area contributed by atoms with Crippen LogP contribution in [0.15, 0.2) is 12.1 Å². The first kappa shape index (κ1) is 13.2. The van der Waals surface area contributed by atoms with Gasteiger partial charge in [0.2, 0.25) is 0 Å². The summed E-state index contributed by atoms with van der Waals surface area (Å²) in [6.07, 6.45) is 2.28. The van der Waals surface area contributed by atoms with Gasteiger partial charge in [0.1, 0.15) is 0 Å². The Kier molecular flexibility index (Phi) is 5.50. The van der Waals surface area contributed by atoms with Gasteiger partial charge < -0.3 is 11.1 Å². The molecule has 0 bridgehead atoms. The van der Waals surface area contributed by atoms with E-state index in [0.29, 0.717) is 0 Å². The van der Waals surface area contributed by atoms with E-state index in [0.717, 1.165) is 26.1 Å². The SMILES string of the molecule is Cc1cc(C)c(CNCCCCN)c(C)c1. The number of aryl methyl sites for hydroxylation is 3. The van der Waals surface area contributed by atoms with Gasteiger partial charge in [-0.1, -0.05) is 17.7 Å². The molecule has 90 valence electrons. The van der Waals surface area contributed by atoms with Crippen LogP contribution in [0.5, 0.6) is 0 Å². The number of benzene rings is 1. The molecule has 0 atom stereocenters. The first-order chi connectivity index (χ1) is 7.65. The van der Waals surface area contributed by atoms with E-state index in [2.05, 4.69) is 38.2 Å². The van der Waals surface area contributed by atoms with Gasteiger partial charge >= 0.3 is 0 Å². The van der Waals surface area contributed by atoms with Crippen LogP contribution < -0.4 is 11.1 Å². The highest BCUT2D eigenvalue weighted by Gasteiger charge is 2.02. The fourth-order valence-electron chi connectivity index (χ4n) is 2.10. The lowest BCUT2D eigenvalue weighted by Gasteiger charge is -2.12. The quantitative estimate of drug-likeness (QED) is 0.723. The number of nitrogens with one attached hydrogen (secondary N) is 1. The molecule has 0 saturated carbocycles. The van der Waals surface area contributed by atoms with E-state index >= 15 is 0 Å². The highest BCUT2D eigenvalue weighted by molar-refractivity contribution is 5.37.